The van der Waals surface area contributed by atoms with Gasteiger partial charge in [0.05, 0.1) is 12.2 Å². The monoisotopic (exact) mass is 237 g/mol. The van der Waals surface area contributed by atoms with E-state index >= 15 is 0 Å². The van der Waals surface area contributed by atoms with Crippen LogP contribution < -0.4 is 5.73 Å². The van der Waals surface area contributed by atoms with Crippen molar-refractivity contribution in [2.75, 3.05) is 13.2 Å². The summed E-state index contributed by atoms with van der Waals surface area (Å²) in [7, 11) is 0. The average molecular weight is 237 g/mol. The molecule has 1 aromatic carbocycles. The van der Waals surface area contributed by atoms with Crippen LogP contribution >= 0.6 is 0 Å². The topological polar surface area (TPSA) is 46.2 Å². The molecule has 3 N–H and O–H groups in total. The molecule has 0 heterocycles. The summed E-state index contributed by atoms with van der Waals surface area (Å²) in [6, 6.07) is 2.15. The molecule has 1 unspecified atom stereocenters. The Labute approximate surface area is 89.7 Å². The molecule has 1 atom stereocenters. The van der Waals surface area contributed by atoms with E-state index in [1.54, 1.807) is 0 Å². The van der Waals surface area contributed by atoms with E-state index in [0.29, 0.717) is 6.07 Å². The van der Waals surface area contributed by atoms with Gasteiger partial charge in [0.25, 0.3) is 0 Å². The molecule has 0 aliphatic carbocycles. The van der Waals surface area contributed by atoms with Gasteiger partial charge in [0, 0.05) is 12.5 Å². The molecule has 16 heavy (non-hydrogen) atoms. The molecule has 0 aliphatic heterocycles. The molecule has 0 aliphatic rings. The molecule has 0 bridgehead atoms. The van der Waals surface area contributed by atoms with Gasteiger partial charge in [-0.2, -0.15) is 13.2 Å². The Hall–Kier alpha value is -1.14. The largest absolute Gasteiger partial charge is 0.416 e. The summed E-state index contributed by atoms with van der Waals surface area (Å²) in [5.41, 5.74) is 3.96. The Bertz CT molecular complexity index is 360. The molecule has 0 amide bonds. The van der Waals surface area contributed by atoms with Crippen LogP contribution in [0.25, 0.3) is 0 Å². The fraction of sp³-hybridized carbons (Fsp3) is 0.400. The summed E-state index contributed by atoms with van der Waals surface area (Å²) >= 11 is 0. The molecular weight excluding hydrogens is 226 g/mol. The van der Waals surface area contributed by atoms with Gasteiger partial charge in [0.1, 0.15) is 5.82 Å². The highest BCUT2D eigenvalue weighted by Gasteiger charge is 2.35. The lowest BCUT2D eigenvalue weighted by Gasteiger charge is -2.18. The van der Waals surface area contributed by atoms with Crippen molar-refractivity contribution < 1.29 is 22.7 Å². The maximum Gasteiger partial charge on any atom is 0.416 e. The molecular formula is C10H11F4NO. The van der Waals surface area contributed by atoms with Gasteiger partial charge in [0.15, 0.2) is 0 Å². The highest BCUT2D eigenvalue weighted by Crippen LogP contribution is 2.35. The van der Waals surface area contributed by atoms with Gasteiger partial charge >= 0.3 is 6.18 Å². The van der Waals surface area contributed by atoms with Crippen molar-refractivity contribution in [2.24, 2.45) is 5.73 Å². The van der Waals surface area contributed by atoms with Crippen LogP contribution in [0.5, 0.6) is 0 Å². The molecule has 0 saturated heterocycles. The molecule has 0 saturated carbocycles. The maximum absolute atomic E-state index is 12.9. The van der Waals surface area contributed by atoms with Crippen molar-refractivity contribution in [1.29, 1.82) is 0 Å². The Morgan fingerprint density at radius 3 is 2.38 bits per heavy atom. The number of hydrogen-bond donors (Lipinski definition) is 2. The normalized spacial score (nSPS) is 13.9. The van der Waals surface area contributed by atoms with Crippen molar-refractivity contribution >= 4 is 0 Å². The number of alkyl halides is 3. The molecule has 2 nitrogen and oxygen atoms in total. The van der Waals surface area contributed by atoms with Crippen LogP contribution in [0.15, 0.2) is 18.2 Å². The zero-order valence-electron chi connectivity index (χ0n) is 8.26. The lowest BCUT2D eigenvalue weighted by Crippen LogP contribution is -2.20. The number of benzene rings is 1. The van der Waals surface area contributed by atoms with Gasteiger partial charge in [-0.15, -0.1) is 0 Å². The summed E-state index contributed by atoms with van der Waals surface area (Å²) in [5, 5.41) is 8.89. The highest BCUT2D eigenvalue weighted by molar-refractivity contribution is 5.33. The Balaban J connectivity index is 3.28. The minimum atomic E-state index is -4.58. The van der Waals surface area contributed by atoms with E-state index in [1.165, 1.54) is 0 Å². The quantitative estimate of drug-likeness (QED) is 0.788. The Kier molecular flexibility index (Phi) is 3.88. The summed E-state index contributed by atoms with van der Waals surface area (Å²) in [5.74, 6) is -1.69. The van der Waals surface area contributed by atoms with Crippen molar-refractivity contribution in [1.82, 2.24) is 0 Å². The fourth-order valence-corrected chi connectivity index (χ4v) is 1.43. The standard InChI is InChI=1S/C10H11F4NO/c11-7-1-2-9(10(12,13)14)8(3-7)6(4-15)5-16/h1-3,6,16H,4-5,15H2. The number of aliphatic hydroxyl groups excluding tert-OH is 1. The van der Waals surface area contributed by atoms with Crippen LogP contribution in [-0.2, 0) is 6.18 Å². The van der Waals surface area contributed by atoms with Crippen molar-refractivity contribution in [3.05, 3.63) is 35.1 Å². The average Bonchev–Trinajstić information content (AvgIpc) is 2.17. The van der Waals surface area contributed by atoms with Crippen molar-refractivity contribution in [3.63, 3.8) is 0 Å². The van der Waals surface area contributed by atoms with Gasteiger partial charge in [-0.25, -0.2) is 4.39 Å². The lowest BCUT2D eigenvalue weighted by molar-refractivity contribution is -0.138. The third kappa shape index (κ3) is 2.70. The molecule has 1 rings (SSSR count). The zero-order valence-corrected chi connectivity index (χ0v) is 8.26. The summed E-state index contributed by atoms with van der Waals surface area (Å²) < 4.78 is 50.6. The molecule has 6 heteroatoms. The number of rotatable bonds is 3. The lowest BCUT2D eigenvalue weighted by atomic mass is 9.94. The summed E-state index contributed by atoms with van der Waals surface area (Å²) in [4.78, 5) is 0. The van der Waals surface area contributed by atoms with Crippen LogP contribution in [0.2, 0.25) is 0 Å². The van der Waals surface area contributed by atoms with E-state index in [9.17, 15) is 17.6 Å². The molecule has 1 aromatic rings. The number of hydrogen-bond acceptors (Lipinski definition) is 2. The second-order valence-corrected chi connectivity index (χ2v) is 3.34. The number of aliphatic hydroxyl groups is 1. The molecule has 0 radical (unpaired) electrons. The van der Waals surface area contributed by atoms with Gasteiger partial charge in [-0.3, -0.25) is 0 Å². The SMILES string of the molecule is NCC(CO)c1cc(F)ccc1C(F)(F)F. The second kappa shape index (κ2) is 4.80. The van der Waals surface area contributed by atoms with Crippen molar-refractivity contribution in [3.8, 4) is 0 Å². The molecule has 0 aromatic heterocycles. The number of halogens is 4. The van der Waals surface area contributed by atoms with Crippen LogP contribution in [0.3, 0.4) is 0 Å². The van der Waals surface area contributed by atoms with E-state index < -0.39 is 30.1 Å². The van der Waals surface area contributed by atoms with E-state index in [2.05, 4.69) is 0 Å². The smallest absolute Gasteiger partial charge is 0.396 e. The minimum absolute atomic E-state index is 0.178. The van der Waals surface area contributed by atoms with E-state index in [4.69, 9.17) is 10.8 Å². The Morgan fingerprint density at radius 1 is 1.31 bits per heavy atom. The summed E-state index contributed by atoms with van der Waals surface area (Å²) in [6.45, 7) is -0.730. The maximum atomic E-state index is 12.9. The van der Waals surface area contributed by atoms with E-state index in [-0.39, 0.29) is 12.1 Å². The minimum Gasteiger partial charge on any atom is -0.396 e. The number of nitrogens with two attached hydrogens (primary N) is 1. The molecule has 0 spiro atoms. The summed E-state index contributed by atoms with van der Waals surface area (Å²) in [6.07, 6.45) is -4.58. The zero-order chi connectivity index (χ0) is 12.3. The highest BCUT2D eigenvalue weighted by atomic mass is 19.4. The first-order chi connectivity index (χ1) is 7.40. The first-order valence-corrected chi connectivity index (χ1v) is 4.57. The third-order valence-corrected chi connectivity index (χ3v) is 2.26. The molecule has 0 fully saturated rings. The van der Waals surface area contributed by atoms with Crippen LogP contribution in [-0.4, -0.2) is 18.3 Å². The fourth-order valence-electron chi connectivity index (χ4n) is 1.43. The van der Waals surface area contributed by atoms with Gasteiger partial charge in [0.2, 0.25) is 0 Å². The Morgan fingerprint density at radius 2 is 1.94 bits per heavy atom. The van der Waals surface area contributed by atoms with E-state index in [0.717, 1.165) is 12.1 Å². The van der Waals surface area contributed by atoms with Crippen LogP contribution in [0.1, 0.15) is 17.0 Å². The van der Waals surface area contributed by atoms with E-state index in [1.807, 2.05) is 0 Å². The van der Waals surface area contributed by atoms with Crippen molar-refractivity contribution in [2.45, 2.75) is 12.1 Å². The van der Waals surface area contributed by atoms with Gasteiger partial charge < -0.3 is 10.8 Å². The second-order valence-electron chi connectivity index (χ2n) is 3.34. The van der Waals surface area contributed by atoms with Crippen LogP contribution in [0.4, 0.5) is 17.6 Å². The first kappa shape index (κ1) is 12.9. The van der Waals surface area contributed by atoms with Crippen LogP contribution in [0, 0.1) is 5.82 Å². The predicted molar refractivity (Wildman–Crippen MR) is 50.3 cm³/mol. The predicted octanol–water partition coefficient (Wildman–Crippen LogP) is 1.88. The third-order valence-electron chi connectivity index (χ3n) is 2.26. The molecule has 90 valence electrons. The van der Waals surface area contributed by atoms with Gasteiger partial charge in [-0.1, -0.05) is 0 Å². The first-order valence-electron chi connectivity index (χ1n) is 4.57. The van der Waals surface area contributed by atoms with Gasteiger partial charge in [-0.05, 0) is 23.8 Å².